The molecular formula is C42H67NO10. The second-order valence-corrected chi connectivity index (χ2v) is 20.1. The fraction of sp³-hybridized carbons (Fsp3) is 0.881. The lowest BCUT2D eigenvalue weighted by Crippen LogP contribution is -2.66. The SMILES string of the molecule is CC1(C)CC[C@]2(C(=O)NCCCCCC(=O)O)CC[C@]3(C)C(=CC[C@@H]4[C@@]5(C)CC[C@H](O[C@H]6O[C@H](C(=O)O)[C@@H](O)[C@H](O)[C@@H]6O)C(C)(C)[C@@H]5CC[C@]43C)[C@@H]2C1. The molecule has 1 heterocycles. The molecule has 53 heavy (non-hydrogen) atoms. The molecule has 5 fully saturated rings. The summed E-state index contributed by atoms with van der Waals surface area (Å²) in [4.78, 5) is 37.0. The van der Waals surface area contributed by atoms with E-state index in [1.165, 1.54) is 5.57 Å². The monoisotopic (exact) mass is 745 g/mol. The number of hydrogen-bond donors (Lipinski definition) is 6. The molecule has 1 saturated heterocycles. The van der Waals surface area contributed by atoms with E-state index in [2.05, 4.69) is 59.9 Å². The van der Waals surface area contributed by atoms with Crippen molar-refractivity contribution in [3.63, 3.8) is 0 Å². The van der Waals surface area contributed by atoms with Crippen LogP contribution in [0.25, 0.3) is 0 Å². The highest BCUT2D eigenvalue weighted by atomic mass is 16.7. The van der Waals surface area contributed by atoms with Gasteiger partial charge in [-0.15, -0.1) is 0 Å². The zero-order valence-electron chi connectivity index (χ0n) is 33.2. The summed E-state index contributed by atoms with van der Waals surface area (Å²) in [6.07, 6.45) is 5.84. The Bertz CT molecular complexity index is 1460. The van der Waals surface area contributed by atoms with Gasteiger partial charge < -0.3 is 40.3 Å². The third-order valence-electron chi connectivity index (χ3n) is 16.5. The Hall–Kier alpha value is -2.05. The second-order valence-electron chi connectivity index (χ2n) is 20.1. The van der Waals surface area contributed by atoms with Gasteiger partial charge in [-0.1, -0.05) is 66.5 Å². The molecule has 1 aliphatic heterocycles. The molecule has 6 N–H and O–H groups in total. The first kappa shape index (κ1) is 40.6. The number of fused-ring (bicyclic) bond motifs is 7. The lowest BCUT2D eigenvalue weighted by Gasteiger charge is -2.71. The quantitative estimate of drug-likeness (QED) is 0.0905. The highest BCUT2D eigenvalue weighted by molar-refractivity contribution is 5.84. The van der Waals surface area contributed by atoms with E-state index in [1.54, 1.807) is 0 Å². The minimum Gasteiger partial charge on any atom is -0.481 e. The highest BCUT2D eigenvalue weighted by Crippen LogP contribution is 2.76. The van der Waals surface area contributed by atoms with E-state index in [0.29, 0.717) is 25.3 Å². The van der Waals surface area contributed by atoms with E-state index >= 15 is 0 Å². The third-order valence-corrected chi connectivity index (χ3v) is 16.5. The van der Waals surface area contributed by atoms with Gasteiger partial charge in [0.25, 0.3) is 0 Å². The minimum atomic E-state index is -1.76. The molecule has 11 heteroatoms. The molecule has 6 aliphatic rings. The average molecular weight is 746 g/mol. The molecule has 13 atom stereocenters. The summed E-state index contributed by atoms with van der Waals surface area (Å²) < 4.78 is 12.0. The Balaban J connectivity index is 1.23. The Morgan fingerprint density at radius 1 is 0.830 bits per heavy atom. The number of unbranched alkanes of at least 4 members (excludes halogenated alkanes) is 2. The lowest BCUT2D eigenvalue weighted by molar-refractivity contribution is -0.324. The predicted octanol–water partition coefficient (Wildman–Crippen LogP) is 5.83. The maximum Gasteiger partial charge on any atom is 0.335 e. The predicted molar refractivity (Wildman–Crippen MR) is 197 cm³/mol. The number of carbonyl (C=O) groups is 3. The van der Waals surface area contributed by atoms with Crippen LogP contribution in [0.2, 0.25) is 0 Å². The number of amides is 1. The summed E-state index contributed by atoms with van der Waals surface area (Å²) in [6, 6.07) is 0. The number of allylic oxidation sites excluding steroid dienone is 2. The number of nitrogens with one attached hydrogen (secondary N) is 1. The zero-order chi connectivity index (χ0) is 38.9. The van der Waals surface area contributed by atoms with E-state index in [0.717, 1.165) is 70.6 Å². The summed E-state index contributed by atoms with van der Waals surface area (Å²) in [6.45, 7) is 17.2. The smallest absolute Gasteiger partial charge is 0.335 e. The molecule has 0 bridgehead atoms. The van der Waals surface area contributed by atoms with Crippen molar-refractivity contribution in [2.75, 3.05) is 6.54 Å². The van der Waals surface area contributed by atoms with Crippen LogP contribution in [0, 0.1) is 50.2 Å². The third kappa shape index (κ3) is 6.60. The van der Waals surface area contributed by atoms with Gasteiger partial charge in [-0.05, 0) is 122 Å². The highest BCUT2D eigenvalue weighted by Gasteiger charge is 2.69. The maximum absolute atomic E-state index is 14.3. The number of carboxylic acid groups (broad SMARTS) is 2. The maximum atomic E-state index is 14.3. The van der Waals surface area contributed by atoms with Gasteiger partial charge >= 0.3 is 11.9 Å². The number of aliphatic carboxylic acids is 2. The molecule has 0 aromatic heterocycles. The second kappa shape index (κ2) is 14.2. The molecular weight excluding hydrogens is 678 g/mol. The van der Waals surface area contributed by atoms with Crippen LogP contribution in [-0.4, -0.2) is 86.7 Å². The van der Waals surface area contributed by atoms with Gasteiger partial charge in [-0.2, -0.15) is 0 Å². The summed E-state index contributed by atoms with van der Waals surface area (Å²) >= 11 is 0. The summed E-state index contributed by atoms with van der Waals surface area (Å²) in [5.41, 5.74) is 0.846. The number of aliphatic hydroxyl groups excluding tert-OH is 3. The zero-order valence-corrected chi connectivity index (χ0v) is 33.2. The summed E-state index contributed by atoms with van der Waals surface area (Å²) in [5.74, 6) is -1.12. The number of carboxylic acids is 2. The minimum absolute atomic E-state index is 0.00880. The molecule has 1 amide bonds. The van der Waals surface area contributed by atoms with E-state index in [1.807, 2.05) is 0 Å². The molecule has 0 spiro atoms. The van der Waals surface area contributed by atoms with Gasteiger partial charge in [0.1, 0.15) is 18.3 Å². The lowest BCUT2D eigenvalue weighted by atomic mass is 9.33. The summed E-state index contributed by atoms with van der Waals surface area (Å²) in [5, 5.41) is 53.4. The first-order valence-electron chi connectivity index (χ1n) is 20.4. The van der Waals surface area contributed by atoms with Crippen molar-refractivity contribution in [1.29, 1.82) is 0 Å². The number of aliphatic hydroxyl groups is 3. The Kier molecular flexibility index (Phi) is 10.8. The van der Waals surface area contributed by atoms with Crippen molar-refractivity contribution in [1.82, 2.24) is 5.32 Å². The normalized spacial score (nSPS) is 45.7. The van der Waals surface area contributed by atoms with Crippen molar-refractivity contribution < 1.29 is 49.4 Å². The number of rotatable bonds is 10. The molecule has 0 aromatic carbocycles. The molecule has 0 unspecified atom stereocenters. The molecule has 11 nitrogen and oxygen atoms in total. The molecule has 6 rings (SSSR count). The van der Waals surface area contributed by atoms with E-state index in [4.69, 9.17) is 14.6 Å². The van der Waals surface area contributed by atoms with Crippen LogP contribution < -0.4 is 5.32 Å². The van der Waals surface area contributed by atoms with E-state index in [-0.39, 0.29) is 57.3 Å². The van der Waals surface area contributed by atoms with Crippen LogP contribution in [0.5, 0.6) is 0 Å². The topological polar surface area (TPSA) is 183 Å². The fourth-order valence-corrected chi connectivity index (χ4v) is 13.2. The van der Waals surface area contributed by atoms with Crippen LogP contribution in [-0.2, 0) is 23.9 Å². The van der Waals surface area contributed by atoms with Crippen LogP contribution >= 0.6 is 0 Å². The van der Waals surface area contributed by atoms with Crippen molar-refractivity contribution in [2.45, 2.75) is 175 Å². The van der Waals surface area contributed by atoms with E-state index < -0.39 is 48.1 Å². The van der Waals surface area contributed by atoms with Gasteiger partial charge in [-0.25, -0.2) is 4.79 Å². The molecule has 4 saturated carbocycles. The number of carbonyl (C=O) groups excluding carboxylic acids is 1. The van der Waals surface area contributed by atoms with Crippen LogP contribution in [0.4, 0.5) is 0 Å². The van der Waals surface area contributed by atoms with Crippen LogP contribution in [0.3, 0.4) is 0 Å². The molecule has 300 valence electrons. The molecule has 0 radical (unpaired) electrons. The number of hydrogen-bond acceptors (Lipinski definition) is 8. The first-order chi connectivity index (χ1) is 24.6. The van der Waals surface area contributed by atoms with Crippen molar-refractivity contribution in [3.8, 4) is 0 Å². The molecule has 5 aliphatic carbocycles. The molecule has 0 aromatic rings. The van der Waals surface area contributed by atoms with Gasteiger partial charge in [-0.3, -0.25) is 9.59 Å². The Morgan fingerprint density at radius 3 is 2.21 bits per heavy atom. The summed E-state index contributed by atoms with van der Waals surface area (Å²) in [7, 11) is 0. The van der Waals surface area contributed by atoms with Crippen molar-refractivity contribution in [2.24, 2.45) is 50.2 Å². The van der Waals surface area contributed by atoms with Crippen molar-refractivity contribution >= 4 is 17.8 Å². The van der Waals surface area contributed by atoms with Gasteiger partial charge in [0.05, 0.1) is 11.5 Å². The Labute approximate surface area is 315 Å². The van der Waals surface area contributed by atoms with E-state index in [9.17, 15) is 34.8 Å². The largest absolute Gasteiger partial charge is 0.481 e. The van der Waals surface area contributed by atoms with Gasteiger partial charge in [0.2, 0.25) is 5.91 Å². The van der Waals surface area contributed by atoms with Gasteiger partial charge in [0.15, 0.2) is 12.4 Å². The average Bonchev–Trinajstić information content (AvgIpc) is 3.07. The van der Waals surface area contributed by atoms with Crippen molar-refractivity contribution in [3.05, 3.63) is 11.6 Å². The fourth-order valence-electron chi connectivity index (χ4n) is 13.2. The van der Waals surface area contributed by atoms with Crippen LogP contribution in [0.15, 0.2) is 11.6 Å². The Morgan fingerprint density at radius 2 is 1.53 bits per heavy atom. The first-order valence-corrected chi connectivity index (χ1v) is 20.4. The number of ether oxygens (including phenoxy) is 2. The van der Waals surface area contributed by atoms with Crippen LogP contribution in [0.1, 0.15) is 138 Å². The standard InChI is InChI=1S/C42H67NO10/c1-37(2)18-20-42(36(51)43-22-10-8-9-11-29(44)45)21-19-40(6)24(25(42)23-37)12-13-27-39(5)16-15-28(38(3,4)26(39)14-17-41(27,40)7)52-35-32(48)30(46)31(47)33(53-35)34(49)50/h12,25-28,30-33,35,46-48H,8-11,13-23H2,1-7H3,(H,43,51)(H,44,45)(H,49,50)/t25-,26-,27+,28-,30-,31-,32-,33-,35-,39-,40+,41+,42-/m0/s1. The van der Waals surface area contributed by atoms with Gasteiger partial charge in [0, 0.05) is 13.0 Å².